The number of benzene rings is 4. The van der Waals surface area contributed by atoms with Gasteiger partial charge in [0.1, 0.15) is 115 Å². The van der Waals surface area contributed by atoms with Gasteiger partial charge in [0, 0.05) is 79.0 Å². The molecule has 0 radical (unpaired) electrons. The Morgan fingerprint density at radius 1 is 0.466 bits per heavy atom. The Hall–Kier alpha value is -12.0. The number of thiazole rings is 1. The number of fused-ring (bicyclic) bond motifs is 8. The molecular weight excluding hydrogens is 2040 g/mol. The maximum absolute atomic E-state index is 14.3. The van der Waals surface area contributed by atoms with Gasteiger partial charge < -0.3 is 86.6 Å². The summed E-state index contributed by atoms with van der Waals surface area (Å²) >= 11 is 1.39. The van der Waals surface area contributed by atoms with E-state index in [1.54, 1.807) is 114 Å². The first kappa shape index (κ1) is 120. The number of aliphatic carboxylic acids is 4. The SMILES string of the molecule is CC(C)(C)OC(=O)N[C@@H]1CCCCC/C=C\[C@@H]2C[C@]2(C(=O)O)NC(=O)[C@@H]2C[C@H](n3nc4ccc(C(=O)c5ccccc5)cc4n3)CN2C1=O.COc1ccc(-c2nn([C@@H]3C[C@H]4C(=O)N[C@@]5(C(=O)O)C[C@H]5CCCCCCC[C@@H](NC(=O)NCC(=O)O)C(=O)N4C3)nc2-c2nccs2)cc1.Cc1cc2nn([C@H]3C[C@H]4C(=O)N[C@@]5(C(=O)O)C[C@H]5/C=C\CCCCC[C@@H](NC(=O)OC(C)(C)C)C(=O)N4C3)nc2cc1C.S.S.S.S.S.S. The highest BCUT2D eigenvalue weighted by atomic mass is 32.1. The Labute approximate surface area is 902 Å². The number of nitrogens with zero attached hydrogens (tertiary/aromatic N) is 13. The van der Waals surface area contributed by atoms with Crippen molar-refractivity contribution < 1.29 is 102 Å². The Bertz CT molecular complexity index is 6140. The van der Waals surface area contributed by atoms with Gasteiger partial charge in [0.2, 0.25) is 35.4 Å². The molecule has 4 saturated heterocycles. The number of hydrogen-bond donors (Lipinski definition) is 11. The molecule has 804 valence electrons. The maximum atomic E-state index is 14.3. The summed E-state index contributed by atoms with van der Waals surface area (Å²) in [6.07, 6.45) is 20.9. The van der Waals surface area contributed by atoms with E-state index >= 15 is 0 Å². The van der Waals surface area contributed by atoms with Crippen LogP contribution in [0.4, 0.5) is 14.4 Å². The van der Waals surface area contributed by atoms with Crippen LogP contribution in [0.15, 0.2) is 121 Å². The number of alkyl carbamates (subject to hydrolysis) is 2. The van der Waals surface area contributed by atoms with Crippen molar-refractivity contribution in [1.82, 2.24) is 102 Å². The number of amides is 10. The molecule has 6 aliphatic heterocycles. The van der Waals surface area contributed by atoms with Gasteiger partial charge in [-0.05, 0) is 198 Å². The average Bonchev–Trinajstić information content (AvgIpc) is 1.59. The van der Waals surface area contributed by atoms with Crippen LogP contribution in [-0.4, -0.2) is 266 Å². The molecule has 10 heterocycles. The molecule has 7 fully saturated rings. The lowest BCUT2D eigenvalue weighted by molar-refractivity contribution is -0.146. The zero-order chi connectivity index (χ0) is 101. The number of carbonyl (C=O) groups excluding carboxylic acids is 10. The van der Waals surface area contributed by atoms with Crippen LogP contribution in [0.25, 0.3) is 44.0 Å². The van der Waals surface area contributed by atoms with Crippen LogP contribution in [0.1, 0.15) is 234 Å². The molecule has 3 saturated carbocycles. The molecule has 4 aromatic carbocycles. The number of nitrogens with one attached hydrogen (secondary N) is 7. The fraction of sp³-hybridized carbons (Fsp3) is 0.530. The van der Waals surface area contributed by atoms with Gasteiger partial charge in [-0.15, -0.1) is 16.4 Å². The van der Waals surface area contributed by atoms with E-state index in [9.17, 15) is 82.4 Å². The van der Waals surface area contributed by atoms with Crippen molar-refractivity contribution in [3.63, 3.8) is 0 Å². The zero-order valence-electron chi connectivity index (χ0n) is 84.0. The predicted molar refractivity (Wildman–Crippen MR) is 578 cm³/mol. The summed E-state index contributed by atoms with van der Waals surface area (Å²) < 4.78 is 16.2. The van der Waals surface area contributed by atoms with Gasteiger partial charge in [-0.2, -0.15) is 121 Å². The molecule has 0 spiro atoms. The molecular formula is C100H136N20O21S7. The summed E-state index contributed by atoms with van der Waals surface area (Å²) in [5, 5.41) is 88.8. The molecule has 10 amide bonds. The quantitative estimate of drug-likeness (QED) is 0.0316. The van der Waals surface area contributed by atoms with Crippen LogP contribution in [0, 0.1) is 31.6 Å². The molecule has 0 bridgehead atoms. The van der Waals surface area contributed by atoms with Gasteiger partial charge in [0.05, 0.1) is 25.2 Å². The fourth-order valence-corrected chi connectivity index (χ4v) is 20.3. The van der Waals surface area contributed by atoms with Gasteiger partial charge in [0.15, 0.2) is 5.78 Å². The number of aryl methyl sites for hydroxylation is 2. The van der Waals surface area contributed by atoms with Gasteiger partial charge in [-0.1, -0.05) is 112 Å². The third-order valence-corrected chi connectivity index (χ3v) is 28.5. The second kappa shape index (κ2) is 51.0. The van der Waals surface area contributed by atoms with Crippen molar-refractivity contribution in [2.45, 2.75) is 285 Å². The standard InChI is InChI=1S/C36H42N6O7.C33H40N8O8S.C31H42N6O6.6H2S/c1-35(2,3)49-34(48)37-27-15-11-6-4-5-10-14-24-20-36(24,33(46)47)38-31(44)29-19-25(21-41(29)32(27)45)42-39-26-17-16-23(18-28(26)40-42)30(43)22-12-8-7-9-13-22;1-49-22-11-9-19(10-12-22)26-27(29-34-13-14-50-29)39-41(38-26)21-15-24-28(44)37-33(31(46)47)16-20(33)7-5-3-2-4-6-8-23(30(45)40(24)18-21)36-32(48)35-17-25(42)43;1-18-13-23-24(14-19(18)2)35-37(34-23)21-15-25-26(38)33-31(28(40)41)16-20(31)11-9-7-6-8-10-12-22(27(39)36(25)17-21)32-29(42)43-30(3,4)5;;;;;;/h7-10,12-14,16-18,24-25,27,29H,4-6,11,15,19-21H2,1-3H3,(H,37,48)(H,38,44)(H,46,47);9-14,20-21,23-24H,2-8,15-18H2,1H3,(H,37,44)(H,42,43)(H,46,47)(H2,35,36,48);9,11,13-14,20-22,25H,6-8,10,12,15-17H2,1-5H3,(H,32,42)(H,33,38)(H,40,41);6*1H2/b14-10-;;11-9-;;;;;;/t24-,25+,27-,29+,36+;20-,21-,23-,24+,33+;20-,21+,22-,25+,31+;;;;;;/m111....../s1. The minimum absolute atomic E-state index is 0. The first-order valence-electron chi connectivity index (χ1n) is 48.7. The van der Waals surface area contributed by atoms with Crippen molar-refractivity contribution in [3.8, 4) is 27.7 Å². The largest absolute Gasteiger partial charge is 0.497 e. The van der Waals surface area contributed by atoms with E-state index in [1.165, 1.54) is 35.6 Å². The predicted octanol–water partition coefficient (Wildman–Crippen LogP) is 11.1. The third kappa shape index (κ3) is 28.4. The number of ether oxygens (including phenoxy) is 3. The van der Waals surface area contributed by atoms with Crippen molar-refractivity contribution >= 4 is 198 Å². The first-order chi connectivity index (χ1) is 67.7. The zero-order valence-corrected chi connectivity index (χ0v) is 90.8. The van der Waals surface area contributed by atoms with E-state index in [4.69, 9.17) is 29.5 Å². The van der Waals surface area contributed by atoms with Crippen LogP contribution < -0.4 is 42.0 Å². The van der Waals surface area contributed by atoms with Crippen molar-refractivity contribution in [2.24, 2.45) is 17.8 Å². The molecule has 3 aliphatic carbocycles. The van der Waals surface area contributed by atoms with Gasteiger partial charge in [-0.25, -0.2) is 33.8 Å². The Morgan fingerprint density at radius 2 is 0.878 bits per heavy atom. The number of carboxylic acids is 4. The van der Waals surface area contributed by atoms with Crippen LogP contribution >= 0.6 is 92.3 Å². The van der Waals surface area contributed by atoms with Crippen LogP contribution in [-0.2, 0) is 57.4 Å². The molecule has 8 aromatic rings. The van der Waals surface area contributed by atoms with Gasteiger partial charge in [0.25, 0.3) is 0 Å². The van der Waals surface area contributed by atoms with Crippen LogP contribution in [0.2, 0.25) is 0 Å². The Kier molecular flexibility index (Phi) is 41.2. The van der Waals surface area contributed by atoms with E-state index in [1.807, 2.05) is 73.9 Å². The normalized spacial score (nSPS) is 26.0. The number of allylic oxidation sites excluding steroid dienone is 2. The second-order valence-electron chi connectivity index (χ2n) is 40.3. The minimum Gasteiger partial charge on any atom is -0.497 e. The van der Waals surface area contributed by atoms with Crippen molar-refractivity contribution in [3.05, 3.63) is 143 Å². The first-order valence-corrected chi connectivity index (χ1v) is 49.6. The highest BCUT2D eigenvalue weighted by Gasteiger charge is 2.65. The lowest BCUT2D eigenvalue weighted by atomic mass is 10.0. The van der Waals surface area contributed by atoms with E-state index in [-0.39, 0.29) is 156 Å². The lowest BCUT2D eigenvalue weighted by Gasteiger charge is -2.30. The summed E-state index contributed by atoms with van der Waals surface area (Å²) in [7, 11) is 1.57. The van der Waals surface area contributed by atoms with Gasteiger partial charge in [-0.3, -0.25) is 38.4 Å². The molecule has 4 aromatic heterocycles. The van der Waals surface area contributed by atoms with E-state index in [0.717, 1.165) is 80.9 Å². The minimum atomic E-state index is -1.45. The van der Waals surface area contributed by atoms with Gasteiger partial charge >= 0.3 is 42.1 Å². The topological polar surface area (TPSA) is 547 Å². The third-order valence-electron chi connectivity index (χ3n) is 27.7. The lowest BCUT2D eigenvalue weighted by Crippen LogP contribution is -2.57. The molecule has 41 nitrogen and oxygen atoms in total. The number of methoxy groups -OCH3 is 1. The van der Waals surface area contributed by atoms with E-state index < -0.39 is 166 Å². The monoisotopic (exact) mass is 2180 g/mol. The Balaban J connectivity index is 0.000000242. The molecule has 0 unspecified atom stereocenters. The molecule has 15 atom stereocenters. The summed E-state index contributed by atoms with van der Waals surface area (Å²) in [5.41, 5.74) is 1.61. The van der Waals surface area contributed by atoms with Crippen molar-refractivity contribution in [2.75, 3.05) is 33.3 Å². The van der Waals surface area contributed by atoms with E-state index in [0.29, 0.717) is 107 Å². The maximum Gasteiger partial charge on any atom is 0.408 e. The van der Waals surface area contributed by atoms with E-state index in [2.05, 4.69) is 62.6 Å². The summed E-state index contributed by atoms with van der Waals surface area (Å²) in [5.74, 6) is -8.07. The number of hydrogen-bond acceptors (Lipinski definition) is 25. The second-order valence-corrected chi connectivity index (χ2v) is 41.2. The molecule has 48 heteroatoms. The number of ketones is 1. The molecule has 148 heavy (non-hydrogen) atoms. The Morgan fingerprint density at radius 3 is 1.31 bits per heavy atom. The summed E-state index contributed by atoms with van der Waals surface area (Å²) in [4.78, 5) is 197. The van der Waals surface area contributed by atoms with Crippen LogP contribution in [0.5, 0.6) is 5.75 Å². The molecule has 9 aliphatic rings. The summed E-state index contributed by atoms with van der Waals surface area (Å²) in [6, 6.07) is 16.8. The smallest absolute Gasteiger partial charge is 0.408 e. The highest BCUT2D eigenvalue weighted by molar-refractivity contribution is 7.60. The number of carboxylic acid groups (broad SMARTS) is 4. The average molecular weight is 2180 g/mol. The van der Waals surface area contributed by atoms with Crippen molar-refractivity contribution in [1.29, 1.82) is 0 Å². The highest BCUT2D eigenvalue weighted by Crippen LogP contribution is 2.50. The summed E-state index contributed by atoms with van der Waals surface area (Å²) in [6.45, 7) is 14.0. The molecule has 11 N–H and O–H groups in total. The number of rotatable bonds is 16. The van der Waals surface area contributed by atoms with Crippen LogP contribution in [0.3, 0.4) is 0 Å². The number of carbonyl (C=O) groups is 14. The molecule has 17 rings (SSSR count). The number of aromatic nitrogens is 10. The fourth-order valence-electron chi connectivity index (χ4n) is 19.7. The number of urea groups is 1.